The SMILES string of the molecule is CC(C1CCOCC1)C1(c2ccccc2)CCC(c2ccccc2)(N(C)C)CC1. The predicted octanol–water partition coefficient (Wildman–Crippen LogP) is 6.02. The molecule has 2 aromatic rings. The van der Waals surface area contributed by atoms with E-state index in [0.717, 1.165) is 19.1 Å². The summed E-state index contributed by atoms with van der Waals surface area (Å²) in [5, 5.41) is 0. The lowest BCUT2D eigenvalue weighted by molar-refractivity contribution is -0.000454. The molecule has 0 radical (unpaired) electrons. The van der Waals surface area contributed by atoms with Crippen molar-refractivity contribution in [3.63, 3.8) is 0 Å². The monoisotopic (exact) mass is 391 g/mol. The van der Waals surface area contributed by atoms with E-state index >= 15 is 0 Å². The lowest BCUT2D eigenvalue weighted by Crippen LogP contribution is -2.51. The molecule has 2 fully saturated rings. The van der Waals surface area contributed by atoms with Crippen molar-refractivity contribution >= 4 is 0 Å². The molecule has 1 saturated heterocycles. The van der Waals surface area contributed by atoms with Crippen molar-refractivity contribution < 1.29 is 4.74 Å². The summed E-state index contributed by atoms with van der Waals surface area (Å²) >= 11 is 0. The Morgan fingerprint density at radius 1 is 0.793 bits per heavy atom. The van der Waals surface area contributed by atoms with E-state index in [2.05, 4.69) is 86.6 Å². The first kappa shape index (κ1) is 20.6. The molecule has 1 heterocycles. The van der Waals surface area contributed by atoms with Crippen LogP contribution in [-0.4, -0.2) is 32.2 Å². The Labute approximate surface area is 177 Å². The van der Waals surface area contributed by atoms with Crippen LogP contribution in [-0.2, 0) is 15.7 Å². The molecule has 1 atom stereocenters. The Morgan fingerprint density at radius 2 is 1.31 bits per heavy atom. The van der Waals surface area contributed by atoms with E-state index in [-0.39, 0.29) is 11.0 Å². The highest BCUT2D eigenvalue weighted by molar-refractivity contribution is 5.32. The molecule has 0 bridgehead atoms. The minimum absolute atomic E-state index is 0.148. The topological polar surface area (TPSA) is 12.5 Å². The first-order chi connectivity index (χ1) is 14.1. The summed E-state index contributed by atoms with van der Waals surface area (Å²) in [5.41, 5.74) is 3.46. The maximum Gasteiger partial charge on any atom is 0.0468 e. The Bertz CT molecular complexity index is 756. The van der Waals surface area contributed by atoms with Gasteiger partial charge in [0.25, 0.3) is 0 Å². The van der Waals surface area contributed by atoms with E-state index in [4.69, 9.17) is 4.74 Å². The summed E-state index contributed by atoms with van der Waals surface area (Å²) in [6.07, 6.45) is 7.37. The van der Waals surface area contributed by atoms with Crippen LogP contribution >= 0.6 is 0 Å². The molecule has 2 aromatic carbocycles. The van der Waals surface area contributed by atoms with Crippen molar-refractivity contribution in [2.45, 2.75) is 56.4 Å². The fraction of sp³-hybridized carbons (Fsp3) is 0.556. The van der Waals surface area contributed by atoms with Crippen LogP contribution in [0.3, 0.4) is 0 Å². The lowest BCUT2D eigenvalue weighted by atomic mass is 9.55. The standard InChI is InChI=1S/C27H37NO/c1-22(23-14-20-29-21-15-23)26(24-10-6-4-7-11-24)16-18-27(19-17-26,28(2)3)25-12-8-5-9-13-25/h4-13,22-23H,14-21H2,1-3H3. The second-order valence-electron chi connectivity index (χ2n) is 9.55. The van der Waals surface area contributed by atoms with Crippen LogP contribution in [0.4, 0.5) is 0 Å². The van der Waals surface area contributed by atoms with Gasteiger partial charge < -0.3 is 4.74 Å². The van der Waals surface area contributed by atoms with Gasteiger partial charge in [0.15, 0.2) is 0 Å². The maximum atomic E-state index is 5.69. The van der Waals surface area contributed by atoms with Crippen molar-refractivity contribution in [1.29, 1.82) is 0 Å². The number of hydrogen-bond acceptors (Lipinski definition) is 2. The molecule has 1 aliphatic heterocycles. The first-order valence-electron chi connectivity index (χ1n) is 11.4. The summed E-state index contributed by atoms with van der Waals surface area (Å²) in [6.45, 7) is 4.41. The molecule has 0 amide bonds. The molecular weight excluding hydrogens is 354 g/mol. The van der Waals surface area contributed by atoms with E-state index in [1.54, 1.807) is 5.56 Å². The van der Waals surface area contributed by atoms with Crippen molar-refractivity contribution in [2.75, 3.05) is 27.3 Å². The number of rotatable bonds is 5. The quantitative estimate of drug-likeness (QED) is 0.618. The van der Waals surface area contributed by atoms with E-state index in [1.807, 2.05) is 0 Å². The zero-order chi connectivity index (χ0) is 20.3. The normalized spacial score (nSPS) is 29.7. The third-order valence-corrected chi connectivity index (χ3v) is 8.33. The second-order valence-corrected chi connectivity index (χ2v) is 9.55. The predicted molar refractivity (Wildman–Crippen MR) is 121 cm³/mol. The average molecular weight is 392 g/mol. The molecule has 2 heteroatoms. The number of benzene rings is 2. The highest BCUT2D eigenvalue weighted by atomic mass is 16.5. The number of hydrogen-bond donors (Lipinski definition) is 0. The van der Waals surface area contributed by atoms with Crippen LogP contribution in [0.25, 0.3) is 0 Å². The van der Waals surface area contributed by atoms with Crippen molar-refractivity contribution in [2.24, 2.45) is 11.8 Å². The Balaban J connectivity index is 1.67. The van der Waals surface area contributed by atoms with Crippen LogP contribution in [0.5, 0.6) is 0 Å². The fourth-order valence-corrected chi connectivity index (χ4v) is 6.30. The second kappa shape index (κ2) is 8.62. The third kappa shape index (κ3) is 3.78. The molecule has 4 rings (SSSR count). The maximum absolute atomic E-state index is 5.69. The Morgan fingerprint density at radius 3 is 1.83 bits per heavy atom. The van der Waals surface area contributed by atoms with Crippen LogP contribution in [0.1, 0.15) is 56.6 Å². The molecule has 1 aliphatic carbocycles. The third-order valence-electron chi connectivity index (χ3n) is 8.33. The molecular formula is C27H37NO. The van der Waals surface area contributed by atoms with Gasteiger partial charge in [-0.1, -0.05) is 67.6 Å². The van der Waals surface area contributed by atoms with Crippen LogP contribution in [0, 0.1) is 11.8 Å². The van der Waals surface area contributed by atoms with Crippen LogP contribution in [0.2, 0.25) is 0 Å². The van der Waals surface area contributed by atoms with Gasteiger partial charge in [-0.2, -0.15) is 0 Å². The summed E-state index contributed by atoms with van der Waals surface area (Å²) in [6, 6.07) is 22.6. The molecule has 0 spiro atoms. The average Bonchev–Trinajstić information content (AvgIpc) is 2.80. The van der Waals surface area contributed by atoms with Crippen molar-refractivity contribution in [3.05, 3.63) is 71.8 Å². The largest absolute Gasteiger partial charge is 0.381 e. The number of nitrogens with zero attached hydrogens (tertiary/aromatic N) is 1. The summed E-state index contributed by atoms with van der Waals surface area (Å²) in [5.74, 6) is 1.46. The highest BCUT2D eigenvalue weighted by Crippen LogP contribution is 2.54. The molecule has 1 unspecified atom stereocenters. The van der Waals surface area contributed by atoms with E-state index < -0.39 is 0 Å². The lowest BCUT2D eigenvalue weighted by Gasteiger charge is -2.54. The van der Waals surface area contributed by atoms with Gasteiger partial charge in [-0.15, -0.1) is 0 Å². The van der Waals surface area contributed by atoms with Gasteiger partial charge >= 0.3 is 0 Å². The highest BCUT2D eigenvalue weighted by Gasteiger charge is 2.49. The molecule has 156 valence electrons. The summed E-state index contributed by atoms with van der Waals surface area (Å²) < 4.78 is 5.69. The molecule has 2 nitrogen and oxygen atoms in total. The van der Waals surface area contributed by atoms with E-state index in [9.17, 15) is 0 Å². The van der Waals surface area contributed by atoms with Gasteiger partial charge in [0.1, 0.15) is 0 Å². The van der Waals surface area contributed by atoms with Gasteiger partial charge in [0.05, 0.1) is 0 Å². The summed E-state index contributed by atoms with van der Waals surface area (Å²) in [4.78, 5) is 2.48. The zero-order valence-electron chi connectivity index (χ0n) is 18.4. The van der Waals surface area contributed by atoms with E-state index in [0.29, 0.717) is 5.92 Å². The Hall–Kier alpha value is -1.64. The molecule has 0 N–H and O–H groups in total. The summed E-state index contributed by atoms with van der Waals surface area (Å²) in [7, 11) is 4.54. The molecule has 0 aromatic heterocycles. The van der Waals surface area contributed by atoms with Gasteiger partial charge in [0.2, 0.25) is 0 Å². The first-order valence-corrected chi connectivity index (χ1v) is 11.4. The molecule has 2 aliphatic rings. The Kier molecular flexibility index (Phi) is 6.13. The zero-order valence-corrected chi connectivity index (χ0v) is 18.4. The minimum Gasteiger partial charge on any atom is -0.381 e. The van der Waals surface area contributed by atoms with E-state index in [1.165, 1.54) is 44.1 Å². The minimum atomic E-state index is 0.148. The molecule has 1 saturated carbocycles. The van der Waals surface area contributed by atoms with Gasteiger partial charge in [-0.25, -0.2) is 0 Å². The fourth-order valence-electron chi connectivity index (χ4n) is 6.30. The molecule has 29 heavy (non-hydrogen) atoms. The van der Waals surface area contributed by atoms with Gasteiger partial charge in [-0.05, 0) is 81.0 Å². The van der Waals surface area contributed by atoms with Crippen molar-refractivity contribution in [1.82, 2.24) is 4.90 Å². The van der Waals surface area contributed by atoms with Crippen molar-refractivity contribution in [3.8, 4) is 0 Å². The van der Waals surface area contributed by atoms with Crippen LogP contribution < -0.4 is 0 Å². The van der Waals surface area contributed by atoms with Crippen LogP contribution in [0.15, 0.2) is 60.7 Å². The van der Waals surface area contributed by atoms with Gasteiger partial charge in [-0.3, -0.25) is 4.90 Å². The smallest absolute Gasteiger partial charge is 0.0468 e. The number of ether oxygens (including phenoxy) is 1. The van der Waals surface area contributed by atoms with Gasteiger partial charge in [0, 0.05) is 18.8 Å².